The van der Waals surface area contributed by atoms with Gasteiger partial charge in [0.15, 0.2) is 5.82 Å². The third-order valence-corrected chi connectivity index (χ3v) is 2.76. The number of aryl methyl sites for hydroxylation is 1. The molecule has 0 spiro atoms. The zero-order valence-electron chi connectivity index (χ0n) is 11.4. The van der Waals surface area contributed by atoms with Gasteiger partial charge in [0.25, 0.3) is 0 Å². The van der Waals surface area contributed by atoms with Gasteiger partial charge in [-0.15, -0.1) is 10.2 Å². The van der Waals surface area contributed by atoms with Crippen LogP contribution in [0.15, 0.2) is 24.5 Å². The number of nitrogens with one attached hydrogen (secondary N) is 1. The summed E-state index contributed by atoms with van der Waals surface area (Å²) in [6.07, 6.45) is 1.68. The van der Waals surface area contributed by atoms with Crippen molar-refractivity contribution >= 4 is 11.4 Å². The number of ether oxygens (including phenoxy) is 1. The van der Waals surface area contributed by atoms with E-state index in [0.717, 1.165) is 17.3 Å². The molecule has 1 aromatic carbocycles. The van der Waals surface area contributed by atoms with E-state index in [1.54, 1.807) is 6.33 Å². The van der Waals surface area contributed by atoms with Crippen molar-refractivity contribution < 1.29 is 4.74 Å². The number of nitrogens with zero attached hydrogens (tertiary/aromatic N) is 3. The lowest BCUT2D eigenvalue weighted by Crippen LogP contribution is -2.12. The Labute approximate surface area is 112 Å². The van der Waals surface area contributed by atoms with Gasteiger partial charge in [0, 0.05) is 30.6 Å². The Morgan fingerprint density at radius 1 is 1.42 bits per heavy atom. The first-order chi connectivity index (χ1) is 9.10. The lowest BCUT2D eigenvalue weighted by molar-refractivity contribution is 0.340. The maximum absolute atomic E-state index is 5.86. The highest BCUT2D eigenvalue weighted by Crippen LogP contribution is 2.25. The molecule has 1 atom stereocenters. The first-order valence-electron chi connectivity index (χ1n) is 6.24. The molecule has 19 heavy (non-hydrogen) atoms. The molecule has 102 valence electrons. The summed E-state index contributed by atoms with van der Waals surface area (Å²) in [4.78, 5) is 0. The van der Waals surface area contributed by atoms with Gasteiger partial charge < -0.3 is 20.4 Å². The van der Waals surface area contributed by atoms with Gasteiger partial charge in [-0.05, 0) is 19.9 Å². The van der Waals surface area contributed by atoms with Crippen LogP contribution in [0.3, 0.4) is 0 Å². The minimum atomic E-state index is 0.0313. The first kappa shape index (κ1) is 13.2. The Morgan fingerprint density at radius 2 is 2.21 bits per heavy atom. The van der Waals surface area contributed by atoms with E-state index in [1.165, 1.54) is 0 Å². The van der Waals surface area contributed by atoms with Gasteiger partial charge in [-0.3, -0.25) is 0 Å². The highest BCUT2D eigenvalue weighted by molar-refractivity contribution is 5.59. The minimum Gasteiger partial charge on any atom is -0.494 e. The predicted octanol–water partition coefficient (Wildman–Crippen LogP) is 1.97. The van der Waals surface area contributed by atoms with Crippen molar-refractivity contribution in [2.75, 3.05) is 17.7 Å². The van der Waals surface area contributed by atoms with E-state index in [-0.39, 0.29) is 6.04 Å². The Balaban J connectivity index is 2.16. The van der Waals surface area contributed by atoms with Gasteiger partial charge in [0.2, 0.25) is 0 Å². The van der Waals surface area contributed by atoms with Crippen LogP contribution in [0.1, 0.15) is 25.7 Å². The molecule has 0 aliphatic rings. The molecule has 0 fully saturated rings. The Bertz CT molecular complexity index is 552. The summed E-state index contributed by atoms with van der Waals surface area (Å²) in [5.41, 5.74) is 7.43. The van der Waals surface area contributed by atoms with Crippen molar-refractivity contribution in [3.63, 3.8) is 0 Å². The molecule has 1 heterocycles. The summed E-state index contributed by atoms with van der Waals surface area (Å²) >= 11 is 0. The average molecular weight is 261 g/mol. The SMILES string of the molecule is CCOc1cc(N)cc(NC(C)c2nncn2C)c1. The first-order valence-corrected chi connectivity index (χ1v) is 6.24. The highest BCUT2D eigenvalue weighted by atomic mass is 16.5. The molecule has 3 N–H and O–H groups in total. The van der Waals surface area contributed by atoms with Crippen molar-refractivity contribution in [1.82, 2.24) is 14.8 Å². The standard InChI is InChI=1S/C13H19N5O/c1-4-19-12-6-10(14)5-11(7-12)16-9(2)13-17-15-8-18(13)3/h5-9,16H,4,14H2,1-3H3. The molecule has 0 radical (unpaired) electrons. The smallest absolute Gasteiger partial charge is 0.154 e. The van der Waals surface area contributed by atoms with Crippen LogP contribution in [0.5, 0.6) is 5.75 Å². The molecular weight excluding hydrogens is 242 g/mol. The van der Waals surface area contributed by atoms with Gasteiger partial charge >= 0.3 is 0 Å². The maximum Gasteiger partial charge on any atom is 0.154 e. The molecule has 0 amide bonds. The number of benzene rings is 1. The maximum atomic E-state index is 5.86. The fourth-order valence-corrected chi connectivity index (χ4v) is 1.95. The molecule has 6 nitrogen and oxygen atoms in total. The van der Waals surface area contributed by atoms with Crippen LogP contribution in [0, 0.1) is 0 Å². The monoisotopic (exact) mass is 261 g/mol. The Kier molecular flexibility index (Phi) is 3.89. The van der Waals surface area contributed by atoms with Crippen molar-refractivity contribution in [2.24, 2.45) is 7.05 Å². The zero-order valence-corrected chi connectivity index (χ0v) is 11.4. The number of rotatable bonds is 5. The average Bonchev–Trinajstić information content (AvgIpc) is 2.75. The van der Waals surface area contributed by atoms with E-state index in [9.17, 15) is 0 Å². The van der Waals surface area contributed by atoms with Gasteiger partial charge in [-0.1, -0.05) is 0 Å². The van der Waals surface area contributed by atoms with Gasteiger partial charge in [0.05, 0.1) is 12.6 Å². The molecule has 0 aliphatic heterocycles. The fraction of sp³-hybridized carbons (Fsp3) is 0.385. The second kappa shape index (κ2) is 5.60. The van der Waals surface area contributed by atoms with E-state index in [4.69, 9.17) is 10.5 Å². The molecular formula is C13H19N5O. The second-order valence-corrected chi connectivity index (χ2v) is 4.39. The number of anilines is 2. The summed E-state index contributed by atoms with van der Waals surface area (Å²) < 4.78 is 7.35. The largest absolute Gasteiger partial charge is 0.494 e. The molecule has 0 aliphatic carbocycles. The Morgan fingerprint density at radius 3 is 2.84 bits per heavy atom. The third kappa shape index (κ3) is 3.15. The molecule has 0 saturated carbocycles. The van der Waals surface area contributed by atoms with Gasteiger partial charge in [-0.2, -0.15) is 0 Å². The molecule has 0 bridgehead atoms. The fourth-order valence-electron chi connectivity index (χ4n) is 1.95. The zero-order chi connectivity index (χ0) is 13.8. The number of aromatic nitrogens is 3. The highest BCUT2D eigenvalue weighted by Gasteiger charge is 2.11. The van der Waals surface area contributed by atoms with E-state index in [0.29, 0.717) is 12.3 Å². The summed E-state index contributed by atoms with van der Waals surface area (Å²) in [7, 11) is 1.92. The quantitative estimate of drug-likeness (QED) is 0.804. The molecule has 1 aromatic heterocycles. The number of nitrogen functional groups attached to an aromatic ring is 1. The molecule has 0 saturated heterocycles. The van der Waals surface area contributed by atoms with Crippen molar-refractivity contribution in [1.29, 1.82) is 0 Å². The number of hydrogen-bond donors (Lipinski definition) is 2. The van der Waals surface area contributed by atoms with E-state index >= 15 is 0 Å². The molecule has 6 heteroatoms. The van der Waals surface area contributed by atoms with Crippen LogP contribution in [-0.2, 0) is 7.05 Å². The van der Waals surface area contributed by atoms with Gasteiger partial charge in [0.1, 0.15) is 12.1 Å². The Hall–Kier alpha value is -2.24. The van der Waals surface area contributed by atoms with Crippen LogP contribution in [0.2, 0.25) is 0 Å². The van der Waals surface area contributed by atoms with Crippen LogP contribution in [0.25, 0.3) is 0 Å². The van der Waals surface area contributed by atoms with E-state index < -0.39 is 0 Å². The molecule has 2 aromatic rings. The van der Waals surface area contributed by atoms with Crippen LogP contribution >= 0.6 is 0 Å². The van der Waals surface area contributed by atoms with Crippen molar-refractivity contribution in [2.45, 2.75) is 19.9 Å². The molecule has 1 unspecified atom stereocenters. The number of hydrogen-bond acceptors (Lipinski definition) is 5. The summed E-state index contributed by atoms with van der Waals surface area (Å²) in [6.45, 7) is 4.58. The van der Waals surface area contributed by atoms with E-state index in [2.05, 4.69) is 15.5 Å². The normalized spacial score (nSPS) is 12.2. The predicted molar refractivity (Wildman–Crippen MR) is 75.1 cm³/mol. The lowest BCUT2D eigenvalue weighted by atomic mass is 10.2. The van der Waals surface area contributed by atoms with Gasteiger partial charge in [-0.25, -0.2) is 0 Å². The summed E-state index contributed by atoms with van der Waals surface area (Å²) in [5.74, 6) is 1.62. The second-order valence-electron chi connectivity index (χ2n) is 4.39. The lowest BCUT2D eigenvalue weighted by Gasteiger charge is -2.16. The minimum absolute atomic E-state index is 0.0313. The van der Waals surface area contributed by atoms with E-state index in [1.807, 2.05) is 43.7 Å². The van der Waals surface area contributed by atoms with Crippen molar-refractivity contribution in [3.05, 3.63) is 30.4 Å². The topological polar surface area (TPSA) is 78.0 Å². The molecule has 2 rings (SSSR count). The number of nitrogens with two attached hydrogens (primary N) is 1. The van der Waals surface area contributed by atoms with Crippen LogP contribution < -0.4 is 15.8 Å². The van der Waals surface area contributed by atoms with Crippen LogP contribution in [0.4, 0.5) is 11.4 Å². The van der Waals surface area contributed by atoms with Crippen LogP contribution in [-0.4, -0.2) is 21.4 Å². The van der Waals surface area contributed by atoms with Crippen molar-refractivity contribution in [3.8, 4) is 5.75 Å². The third-order valence-electron chi connectivity index (χ3n) is 2.76. The summed E-state index contributed by atoms with van der Waals surface area (Å²) in [6, 6.07) is 5.63. The summed E-state index contributed by atoms with van der Waals surface area (Å²) in [5, 5.41) is 11.3.